The zero-order valence-electron chi connectivity index (χ0n) is 76.1. The number of imidazole rings is 1. The van der Waals surface area contributed by atoms with Crippen molar-refractivity contribution in [3.63, 3.8) is 0 Å². The van der Waals surface area contributed by atoms with Crippen LogP contribution < -0.4 is 76.9 Å². The number of rotatable bonds is 58. The molecule has 135 heavy (non-hydrogen) atoms. The van der Waals surface area contributed by atoms with E-state index in [9.17, 15) is 114 Å². The molecule has 6 heterocycles. The SMILES string of the molecule is CC(=O)N(O)CCCCCNC(=O)CCC(=O)N(O)CCCCCNC(=O)CCC(=O)N(O)CCCCCN.Cc1c(N)nc([C@H](CC(N)=O)NC[C@H](N)C(N)=O)nc1C(=O)N[C@H](C(=O)N[C@H](C)[C@@H](O)[C@H](C)C(=O)N[C@H](C(=O)NCCc1nc(-c2nc(C(=O)NCCC[S+](C)C)cs2)cs1)[C@@H](C)O)C(O[C@@H]1O[C@@H](CO)[C@@H](O)[C@H](O)[C@@H]1O[C@H]1O[C@H](CO)[C@@H](O)[C@H](OC(N)=O)[C@@H]1O)c1cnc[nH]1. The zero-order valence-corrected chi connectivity index (χ0v) is 78.6. The summed E-state index contributed by atoms with van der Waals surface area (Å²) in [6.45, 7) is 6.40. The summed E-state index contributed by atoms with van der Waals surface area (Å²) in [6.07, 6.45) is -14.2. The highest BCUT2D eigenvalue weighted by atomic mass is 32.2. The Balaban J connectivity index is 0.000000692. The number of primary amides is 3. The van der Waals surface area contributed by atoms with Gasteiger partial charge in [0.25, 0.3) is 11.8 Å². The van der Waals surface area contributed by atoms with Gasteiger partial charge in [-0.3, -0.25) is 73.2 Å². The van der Waals surface area contributed by atoms with Crippen molar-refractivity contribution in [1.82, 2.24) is 87.6 Å². The highest BCUT2D eigenvalue weighted by Crippen LogP contribution is 2.35. The van der Waals surface area contributed by atoms with E-state index >= 15 is 4.79 Å². The van der Waals surface area contributed by atoms with Gasteiger partial charge in [-0.1, -0.05) is 13.3 Å². The Hall–Kier alpha value is -10.1. The molecule has 0 bridgehead atoms. The van der Waals surface area contributed by atoms with Gasteiger partial charge in [0.05, 0.1) is 85.2 Å². The van der Waals surface area contributed by atoms with Gasteiger partial charge in [-0.15, -0.1) is 22.7 Å². The maximum Gasteiger partial charge on any atom is 0.404 e. The number of nitrogens with zero attached hydrogens (tertiary/aromatic N) is 8. The van der Waals surface area contributed by atoms with Crippen LogP contribution in [-0.2, 0) is 88.9 Å². The summed E-state index contributed by atoms with van der Waals surface area (Å²) in [5.41, 5.74) is 33.5. The van der Waals surface area contributed by atoms with Crippen LogP contribution in [0.15, 0.2) is 23.3 Å². The second kappa shape index (κ2) is 59.1. The summed E-state index contributed by atoms with van der Waals surface area (Å²) in [5.74, 6) is -9.74. The third-order valence-electron chi connectivity index (χ3n) is 21.2. The molecule has 2 aliphatic rings. The molecule has 52 nitrogen and oxygen atoms in total. The molecule has 32 N–H and O–H groups in total. The third-order valence-corrected chi connectivity index (χ3v) is 24.0. The normalized spacial score (nSPS) is 20.1. The lowest BCUT2D eigenvalue weighted by Gasteiger charge is -2.47. The van der Waals surface area contributed by atoms with Gasteiger partial charge in [0, 0.05) is 121 Å². The number of nitrogens with two attached hydrogens (primary N) is 6. The van der Waals surface area contributed by atoms with E-state index in [2.05, 4.69) is 84.9 Å². The maximum absolute atomic E-state index is 15.2. The molecular formula is C80H132N23O29S3+. The monoisotopic (exact) mass is 1970 g/mol. The number of amides is 13. The molecule has 19 atom stereocenters. The number of aliphatic hydroxyl groups excluding tert-OH is 8. The van der Waals surface area contributed by atoms with E-state index < -0.39 is 200 Å². The fourth-order valence-electron chi connectivity index (χ4n) is 13.2. The molecule has 13 amide bonds. The van der Waals surface area contributed by atoms with Crippen molar-refractivity contribution >= 4 is 116 Å². The first kappa shape index (κ1) is 115. The van der Waals surface area contributed by atoms with Gasteiger partial charge in [0.2, 0.25) is 59.1 Å². The molecule has 0 saturated carbocycles. The minimum Gasteiger partial charge on any atom is -0.441 e. The van der Waals surface area contributed by atoms with Crippen LogP contribution in [0.1, 0.15) is 179 Å². The second-order valence-corrected chi connectivity index (χ2v) is 36.3. The number of aromatic nitrogens is 6. The molecule has 2 fully saturated rings. The molecule has 0 aromatic carbocycles. The number of hydrogen-bond donors (Lipinski definition) is 26. The van der Waals surface area contributed by atoms with Crippen molar-refractivity contribution in [3.05, 3.63) is 56.8 Å². The number of H-pyrrole nitrogens is 1. The van der Waals surface area contributed by atoms with Crippen LogP contribution >= 0.6 is 22.7 Å². The number of nitrogens with one attached hydrogen (secondary N) is 9. The fraction of sp³-hybridized carbons (Fsp3) is 0.675. The molecule has 6 rings (SSSR count). The van der Waals surface area contributed by atoms with Crippen LogP contribution in [0.5, 0.6) is 0 Å². The highest BCUT2D eigenvalue weighted by molar-refractivity contribution is 7.95. The Bertz CT molecular complexity index is 4430. The van der Waals surface area contributed by atoms with Crippen molar-refractivity contribution in [2.75, 3.05) is 96.1 Å². The molecule has 0 radical (unpaired) electrons. The Morgan fingerprint density at radius 1 is 0.637 bits per heavy atom. The number of aliphatic hydroxyl groups is 8. The average Bonchev–Trinajstić information content (AvgIpc) is 0.990. The molecule has 4 aromatic heterocycles. The average molecular weight is 1980 g/mol. The van der Waals surface area contributed by atoms with Crippen molar-refractivity contribution in [3.8, 4) is 10.7 Å². The van der Waals surface area contributed by atoms with Crippen LogP contribution in [0.25, 0.3) is 10.7 Å². The zero-order chi connectivity index (χ0) is 100. The van der Waals surface area contributed by atoms with Crippen LogP contribution in [0.2, 0.25) is 0 Å². The first-order valence-electron chi connectivity index (χ1n) is 43.6. The smallest absolute Gasteiger partial charge is 0.404 e. The summed E-state index contributed by atoms with van der Waals surface area (Å²) in [4.78, 5) is 189. The molecule has 2 aliphatic heterocycles. The Labute approximate surface area is 788 Å². The van der Waals surface area contributed by atoms with E-state index in [1.54, 1.807) is 10.8 Å². The molecule has 0 spiro atoms. The summed E-state index contributed by atoms with van der Waals surface area (Å²) in [7, 11) is 0.254. The number of aromatic amines is 1. The van der Waals surface area contributed by atoms with E-state index in [4.69, 9.17) is 58.1 Å². The van der Waals surface area contributed by atoms with E-state index in [1.807, 2.05) is 0 Å². The number of anilines is 1. The summed E-state index contributed by atoms with van der Waals surface area (Å²) < 4.78 is 28.7. The topological polar surface area (TPSA) is 833 Å². The van der Waals surface area contributed by atoms with Gasteiger partial charge in [0.15, 0.2) is 18.7 Å². The number of unbranched alkanes of at least 4 members (excludes halogenated alkanes) is 6. The van der Waals surface area contributed by atoms with Gasteiger partial charge < -0.3 is 146 Å². The first-order valence-corrected chi connectivity index (χ1v) is 47.6. The Morgan fingerprint density at radius 2 is 1.23 bits per heavy atom. The number of thiazole rings is 2. The second-order valence-electron chi connectivity index (χ2n) is 32.2. The lowest BCUT2D eigenvalue weighted by Crippen LogP contribution is -2.65. The van der Waals surface area contributed by atoms with E-state index in [0.29, 0.717) is 95.6 Å². The predicted octanol–water partition coefficient (Wildman–Crippen LogP) is -6.78. The van der Waals surface area contributed by atoms with Crippen molar-refractivity contribution < 1.29 is 142 Å². The van der Waals surface area contributed by atoms with Crippen LogP contribution in [-0.4, -0.2) is 367 Å². The molecule has 2 saturated heterocycles. The minimum absolute atomic E-state index is 0.00498. The molecule has 0 aliphatic carbocycles. The molecule has 758 valence electrons. The molecule has 4 aromatic rings. The van der Waals surface area contributed by atoms with Crippen molar-refractivity contribution in [1.29, 1.82) is 0 Å². The van der Waals surface area contributed by atoms with Crippen LogP contribution in [0.3, 0.4) is 0 Å². The van der Waals surface area contributed by atoms with Gasteiger partial charge in [-0.2, -0.15) is 0 Å². The van der Waals surface area contributed by atoms with E-state index in [0.717, 1.165) is 44.0 Å². The molecular weight excluding hydrogens is 1840 g/mol. The number of hydrogen-bond acceptors (Lipinski definition) is 40. The van der Waals surface area contributed by atoms with Gasteiger partial charge in [-0.25, -0.2) is 44.9 Å². The van der Waals surface area contributed by atoms with Gasteiger partial charge >= 0.3 is 6.09 Å². The fourth-order valence-corrected chi connectivity index (χ4v) is 15.6. The van der Waals surface area contributed by atoms with E-state index in [-0.39, 0.29) is 122 Å². The number of carbonyl (C=O) groups is 13. The number of ether oxygens (including phenoxy) is 5. The third kappa shape index (κ3) is 38.4. The first-order chi connectivity index (χ1) is 63.9. The molecule has 55 heteroatoms. The van der Waals surface area contributed by atoms with Crippen LogP contribution in [0, 0.1) is 12.8 Å². The van der Waals surface area contributed by atoms with Crippen molar-refractivity contribution in [2.24, 2.45) is 34.6 Å². The van der Waals surface area contributed by atoms with E-state index in [1.165, 1.54) is 57.3 Å². The standard InChI is InChI=1S/C55H83N17O21S3.C25H48N6O8/c1-20-33(69-46(72-44(20)58)25(12-31(57)76)64-13-24(56)45(59)82)50(86)71-35(41(26-14-61-19-65-26)91-54-43(39(80)37(78)29(15-73)90-54)92-53-40(81)42(93-55(60)88)38(79)30(16-74)89-53)51(87)66-22(3)36(77)21(2)47(83)70-34(23(4)75)49(85)63-10-8-32-67-28(18-94-32)52-68-27(17-95-52)48(84)62-9-7-11-96(5)6;1-21(32)29(37)18-9-3-6-16-27-22(33)12-14-25(36)31(39)20-10-4-7-17-28-23(34)11-13-24(35)30(38)19-8-2-5-15-26/h14,17-19,21-25,29-30,34-43,53-54,64,73-75,77-81H,7-13,15-16,56H2,1-6H3,(H13-,57,58,59,60,61,62,63,65,66,69,70,71,72,76,82,83,84,85,86,87,88);37-39H,2-20,26H2,1H3,(H,27,33)(H,28,34)/p+1/t21-,22+,23+,24-,25-,29-,30+,34-,35-,36-,37+,38+,39-,40-,41?,42-,43-,53+,54-;/m0./s1. The summed E-state index contributed by atoms with van der Waals surface area (Å²) in [6, 6.07) is -7.85. The predicted molar refractivity (Wildman–Crippen MR) is 480 cm³/mol. The van der Waals surface area contributed by atoms with Gasteiger partial charge in [-0.05, 0) is 89.6 Å². The lowest BCUT2D eigenvalue weighted by atomic mass is 9.96. The summed E-state index contributed by atoms with van der Waals surface area (Å²) >= 11 is 2.52. The lowest BCUT2D eigenvalue weighted by molar-refractivity contribution is -0.372. The number of carbonyl (C=O) groups excluding carboxylic acids is 13. The molecule has 1 unspecified atom stereocenters. The quantitative estimate of drug-likeness (QED) is 0.00845. The maximum atomic E-state index is 15.2. The summed E-state index contributed by atoms with van der Waals surface area (Å²) in [5, 5.41) is 144. The Kier molecular flexibility index (Phi) is 50.5. The van der Waals surface area contributed by atoms with Gasteiger partial charge in [0.1, 0.15) is 100 Å². The number of hydroxylamine groups is 6. The minimum atomic E-state index is -2.20. The Morgan fingerprint density at radius 3 is 1.79 bits per heavy atom. The van der Waals surface area contributed by atoms with Crippen molar-refractivity contribution in [2.45, 2.75) is 247 Å². The number of nitrogen functional groups attached to an aromatic ring is 1. The highest BCUT2D eigenvalue weighted by Gasteiger charge is 2.54. The van der Waals surface area contributed by atoms with Crippen LogP contribution in [0.4, 0.5) is 10.6 Å². The largest absolute Gasteiger partial charge is 0.441 e.